The fraction of sp³-hybridized carbons (Fsp3) is 0.143. The normalized spacial score (nSPS) is 11.6. The molecule has 7 heteroatoms. The summed E-state index contributed by atoms with van der Waals surface area (Å²) in [6.45, 7) is 0. The lowest BCUT2D eigenvalue weighted by Crippen LogP contribution is -2.17. The van der Waals surface area contributed by atoms with E-state index in [2.05, 4.69) is 20.7 Å². The predicted octanol–water partition coefficient (Wildman–Crippen LogP) is 4.09. The first-order valence-electron chi connectivity index (χ1n) is 3.20. The van der Waals surface area contributed by atoms with Gasteiger partial charge in [0.15, 0.2) is 0 Å². The molecule has 0 amide bonds. The molecule has 0 saturated heterocycles. The summed E-state index contributed by atoms with van der Waals surface area (Å²) in [4.78, 5) is 0. The first-order valence-corrected chi connectivity index (χ1v) is 5.07. The van der Waals surface area contributed by atoms with Crippen molar-refractivity contribution in [3.63, 3.8) is 0 Å². The van der Waals surface area contributed by atoms with Gasteiger partial charge in [0.1, 0.15) is 11.6 Å². The van der Waals surface area contributed by atoms with Gasteiger partial charge in [0.05, 0.1) is 4.47 Å². The molecule has 0 aliphatic rings. The Hall–Kier alpha value is -0.0500. The van der Waals surface area contributed by atoms with Crippen molar-refractivity contribution in [1.82, 2.24) is 0 Å². The molecule has 0 atom stereocenters. The van der Waals surface area contributed by atoms with Gasteiger partial charge < -0.3 is 4.74 Å². The van der Waals surface area contributed by atoms with Crippen molar-refractivity contribution < 1.29 is 22.3 Å². The highest BCUT2D eigenvalue weighted by Gasteiger charge is 2.32. The maximum Gasteiger partial charge on any atom is 0.573 e. The zero-order valence-corrected chi connectivity index (χ0v) is 10.1. The second-order valence-electron chi connectivity index (χ2n) is 2.25. The maximum absolute atomic E-state index is 12.7. The highest BCUT2D eigenvalue weighted by atomic mass is 127. The van der Waals surface area contributed by atoms with E-state index < -0.39 is 17.9 Å². The monoisotopic (exact) mass is 384 g/mol. The fourth-order valence-electron chi connectivity index (χ4n) is 0.731. The van der Waals surface area contributed by atoms with Gasteiger partial charge in [-0.25, -0.2) is 4.39 Å². The van der Waals surface area contributed by atoms with Crippen LogP contribution in [0.4, 0.5) is 17.6 Å². The summed E-state index contributed by atoms with van der Waals surface area (Å²) < 4.78 is 52.2. The summed E-state index contributed by atoms with van der Waals surface area (Å²) in [6, 6.07) is 1.76. The Morgan fingerprint density at radius 1 is 1.29 bits per heavy atom. The molecule has 0 aliphatic heterocycles. The van der Waals surface area contributed by atoms with Crippen molar-refractivity contribution in [2.75, 3.05) is 0 Å². The number of rotatable bonds is 1. The molecule has 78 valence electrons. The topological polar surface area (TPSA) is 9.23 Å². The molecule has 0 saturated carbocycles. The summed E-state index contributed by atoms with van der Waals surface area (Å²) in [7, 11) is 0. The minimum absolute atomic E-state index is 0.0804. The third-order valence-corrected chi connectivity index (χ3v) is 3.60. The Labute approximate surface area is 98.7 Å². The lowest BCUT2D eigenvalue weighted by molar-refractivity contribution is -0.275. The minimum Gasteiger partial charge on any atom is -0.404 e. The van der Waals surface area contributed by atoms with Crippen molar-refractivity contribution in [3.05, 3.63) is 26.0 Å². The Bertz CT molecular complexity index is 352. The van der Waals surface area contributed by atoms with E-state index >= 15 is 0 Å². The van der Waals surface area contributed by atoms with E-state index in [0.717, 1.165) is 6.07 Å². The first-order chi connectivity index (χ1) is 6.29. The lowest BCUT2D eigenvalue weighted by atomic mass is 10.3. The molecule has 0 N–H and O–H groups in total. The van der Waals surface area contributed by atoms with Crippen molar-refractivity contribution in [1.29, 1.82) is 0 Å². The molecule has 0 unspecified atom stereocenters. The zero-order valence-electron chi connectivity index (χ0n) is 6.33. The van der Waals surface area contributed by atoms with Crippen LogP contribution in [-0.2, 0) is 0 Å². The molecule has 0 heterocycles. The van der Waals surface area contributed by atoms with Gasteiger partial charge in [-0.3, -0.25) is 0 Å². The number of hydrogen-bond donors (Lipinski definition) is 0. The van der Waals surface area contributed by atoms with Gasteiger partial charge in [-0.2, -0.15) is 0 Å². The number of hydrogen-bond acceptors (Lipinski definition) is 1. The van der Waals surface area contributed by atoms with E-state index in [0.29, 0.717) is 9.64 Å². The lowest BCUT2D eigenvalue weighted by Gasteiger charge is -2.11. The summed E-state index contributed by atoms with van der Waals surface area (Å²) in [6.07, 6.45) is -4.82. The third-order valence-electron chi connectivity index (χ3n) is 1.19. The van der Waals surface area contributed by atoms with Crippen molar-refractivity contribution in [2.45, 2.75) is 6.36 Å². The molecule has 0 aromatic heterocycles. The van der Waals surface area contributed by atoms with E-state index in [4.69, 9.17) is 0 Å². The summed E-state index contributed by atoms with van der Waals surface area (Å²) >= 11 is 4.56. The molecular weight excluding hydrogens is 383 g/mol. The Morgan fingerprint density at radius 2 is 1.86 bits per heavy atom. The van der Waals surface area contributed by atoms with Crippen molar-refractivity contribution in [2.24, 2.45) is 0 Å². The van der Waals surface area contributed by atoms with Crippen LogP contribution in [0.1, 0.15) is 0 Å². The average Bonchev–Trinajstić information content (AvgIpc) is 1.96. The zero-order chi connectivity index (χ0) is 10.9. The molecule has 0 bridgehead atoms. The molecule has 0 spiro atoms. The maximum atomic E-state index is 12.7. The van der Waals surface area contributed by atoms with Gasteiger partial charge in [0.25, 0.3) is 0 Å². The number of alkyl halides is 3. The minimum atomic E-state index is -4.82. The summed E-state index contributed by atoms with van der Waals surface area (Å²) in [5.74, 6) is -1.36. The molecule has 0 aliphatic carbocycles. The Morgan fingerprint density at radius 3 is 2.36 bits per heavy atom. The summed E-state index contributed by atoms with van der Waals surface area (Å²) in [5.41, 5.74) is 0. The third kappa shape index (κ3) is 3.26. The highest BCUT2D eigenvalue weighted by Crippen LogP contribution is 2.34. The summed E-state index contributed by atoms with van der Waals surface area (Å²) in [5, 5.41) is 0. The van der Waals surface area contributed by atoms with E-state index in [-0.39, 0.29) is 4.47 Å². The van der Waals surface area contributed by atoms with Gasteiger partial charge in [-0.15, -0.1) is 13.2 Å². The van der Waals surface area contributed by atoms with E-state index in [1.54, 1.807) is 22.6 Å². The number of benzene rings is 1. The quantitative estimate of drug-likeness (QED) is 0.402. The van der Waals surface area contributed by atoms with E-state index in [9.17, 15) is 17.6 Å². The predicted molar refractivity (Wildman–Crippen MR) is 53.5 cm³/mol. The standard InChI is InChI=1S/C7H2BrF4IO/c8-6-4(13)1-3(9)2-5(6)14-7(10,11)12/h1-2H. The van der Waals surface area contributed by atoms with Crippen LogP contribution in [-0.4, -0.2) is 6.36 Å². The van der Waals surface area contributed by atoms with Gasteiger partial charge in [-0.1, -0.05) is 0 Å². The molecule has 1 rings (SSSR count). The van der Waals surface area contributed by atoms with Crippen molar-refractivity contribution in [3.8, 4) is 5.75 Å². The van der Waals surface area contributed by atoms with E-state index in [1.165, 1.54) is 0 Å². The molecule has 1 aromatic rings. The average molecular weight is 385 g/mol. The van der Waals surface area contributed by atoms with Gasteiger partial charge in [0, 0.05) is 9.64 Å². The largest absolute Gasteiger partial charge is 0.573 e. The van der Waals surface area contributed by atoms with Crippen LogP contribution in [0.2, 0.25) is 0 Å². The Balaban J connectivity index is 3.09. The van der Waals surface area contributed by atoms with Crippen LogP contribution in [0, 0.1) is 9.39 Å². The highest BCUT2D eigenvalue weighted by molar-refractivity contribution is 14.1. The van der Waals surface area contributed by atoms with Crippen molar-refractivity contribution >= 4 is 38.5 Å². The van der Waals surface area contributed by atoms with Crippen LogP contribution < -0.4 is 4.74 Å². The first kappa shape index (κ1) is 12.0. The molecule has 14 heavy (non-hydrogen) atoms. The van der Waals surface area contributed by atoms with Crippen LogP contribution >= 0.6 is 38.5 Å². The number of ether oxygens (including phenoxy) is 1. The van der Waals surface area contributed by atoms with E-state index in [1.807, 2.05) is 0 Å². The molecule has 0 fully saturated rings. The second kappa shape index (κ2) is 4.21. The molecule has 0 radical (unpaired) electrons. The van der Waals surface area contributed by atoms with Crippen LogP contribution in [0.15, 0.2) is 16.6 Å². The molecule has 1 nitrogen and oxygen atoms in total. The van der Waals surface area contributed by atoms with Gasteiger partial charge in [0.2, 0.25) is 0 Å². The fourth-order valence-corrected chi connectivity index (χ4v) is 1.60. The smallest absolute Gasteiger partial charge is 0.404 e. The SMILES string of the molecule is Fc1cc(I)c(Br)c(OC(F)(F)F)c1. The van der Waals surface area contributed by atoms with Gasteiger partial charge >= 0.3 is 6.36 Å². The molecule has 1 aromatic carbocycles. The van der Waals surface area contributed by atoms with Crippen LogP contribution in [0.25, 0.3) is 0 Å². The second-order valence-corrected chi connectivity index (χ2v) is 4.20. The van der Waals surface area contributed by atoms with Gasteiger partial charge in [-0.05, 0) is 44.6 Å². The van der Waals surface area contributed by atoms with Crippen LogP contribution in [0.5, 0.6) is 5.75 Å². The Kier molecular flexibility index (Phi) is 3.62. The number of halogens is 6. The van der Waals surface area contributed by atoms with Crippen LogP contribution in [0.3, 0.4) is 0 Å². The molecular formula is C7H2BrF4IO.